The van der Waals surface area contributed by atoms with E-state index in [2.05, 4.69) is 16.3 Å². The average Bonchev–Trinajstić information content (AvgIpc) is 3.29. The van der Waals surface area contributed by atoms with Crippen LogP contribution in [0.2, 0.25) is 0 Å². The van der Waals surface area contributed by atoms with Gasteiger partial charge in [0, 0.05) is 5.56 Å². The van der Waals surface area contributed by atoms with Crippen molar-refractivity contribution in [2.75, 3.05) is 0 Å². The molecule has 7 heteroatoms. The van der Waals surface area contributed by atoms with Gasteiger partial charge < -0.3 is 4.18 Å². The van der Waals surface area contributed by atoms with Crippen molar-refractivity contribution >= 4 is 20.9 Å². The van der Waals surface area contributed by atoms with Crippen LogP contribution in [0.25, 0.3) is 21.9 Å². The highest BCUT2D eigenvalue weighted by Gasteiger charge is 2.50. The maximum Gasteiger partial charge on any atom is 0.534 e. The maximum absolute atomic E-state index is 12.9. The molecule has 3 aromatic carbocycles. The van der Waals surface area contributed by atoms with Crippen molar-refractivity contribution in [3.05, 3.63) is 65.2 Å². The maximum atomic E-state index is 12.9. The van der Waals surface area contributed by atoms with Gasteiger partial charge in [0.05, 0.1) is 0 Å². The number of benzene rings is 3. The zero-order chi connectivity index (χ0) is 21.3. The van der Waals surface area contributed by atoms with E-state index in [1.807, 2.05) is 31.2 Å². The van der Waals surface area contributed by atoms with E-state index in [-0.39, 0.29) is 17.6 Å². The minimum atomic E-state index is -5.70. The molecule has 0 aromatic heterocycles. The van der Waals surface area contributed by atoms with E-state index in [4.69, 9.17) is 0 Å². The topological polar surface area (TPSA) is 43.4 Å². The predicted molar refractivity (Wildman–Crippen MR) is 109 cm³/mol. The first-order valence-electron chi connectivity index (χ1n) is 9.82. The van der Waals surface area contributed by atoms with Gasteiger partial charge in [0.1, 0.15) is 5.75 Å². The zero-order valence-corrected chi connectivity index (χ0v) is 17.0. The van der Waals surface area contributed by atoms with Gasteiger partial charge in [-0.25, -0.2) is 0 Å². The third kappa shape index (κ3) is 2.98. The lowest BCUT2D eigenvalue weighted by Gasteiger charge is -2.22. The quantitative estimate of drug-likeness (QED) is 0.355. The summed E-state index contributed by atoms with van der Waals surface area (Å²) in [5.41, 5.74) is -0.807. The second-order valence-corrected chi connectivity index (χ2v) is 9.73. The smallest absolute Gasteiger partial charge is 0.376 e. The third-order valence-corrected chi connectivity index (χ3v) is 7.25. The monoisotopic (exact) mass is 432 g/mol. The van der Waals surface area contributed by atoms with E-state index >= 15 is 0 Å². The van der Waals surface area contributed by atoms with Gasteiger partial charge in [0.25, 0.3) is 0 Å². The van der Waals surface area contributed by atoms with Gasteiger partial charge in [0.2, 0.25) is 0 Å². The van der Waals surface area contributed by atoms with E-state index in [9.17, 15) is 21.6 Å². The Hall–Kier alpha value is -2.54. The Morgan fingerprint density at radius 1 is 0.900 bits per heavy atom. The number of hydrogen-bond acceptors (Lipinski definition) is 3. The summed E-state index contributed by atoms with van der Waals surface area (Å²) < 4.78 is 66.4. The van der Waals surface area contributed by atoms with E-state index in [0.717, 1.165) is 46.7 Å². The molecule has 3 nitrogen and oxygen atoms in total. The summed E-state index contributed by atoms with van der Waals surface area (Å²) in [5.74, 6) is 0.0621. The van der Waals surface area contributed by atoms with Crippen LogP contribution in [0.3, 0.4) is 0 Å². The van der Waals surface area contributed by atoms with E-state index in [0.29, 0.717) is 5.56 Å². The molecule has 0 spiro atoms. The fourth-order valence-electron chi connectivity index (χ4n) is 5.01. The fourth-order valence-corrected chi connectivity index (χ4v) is 5.48. The molecule has 0 N–H and O–H groups in total. The predicted octanol–water partition coefficient (Wildman–Crippen LogP) is 6.41. The molecule has 5 rings (SSSR count). The molecule has 0 amide bonds. The Kier molecular flexibility index (Phi) is 4.19. The minimum absolute atomic E-state index is 0.0338. The van der Waals surface area contributed by atoms with Crippen LogP contribution in [0.5, 0.6) is 5.75 Å². The van der Waals surface area contributed by atoms with Crippen LogP contribution < -0.4 is 4.18 Å². The van der Waals surface area contributed by atoms with Crippen LogP contribution in [0.4, 0.5) is 13.2 Å². The molecule has 1 saturated carbocycles. The minimum Gasteiger partial charge on any atom is -0.376 e. The summed E-state index contributed by atoms with van der Waals surface area (Å²) >= 11 is 0. The van der Waals surface area contributed by atoms with Gasteiger partial charge >= 0.3 is 15.6 Å². The van der Waals surface area contributed by atoms with Crippen LogP contribution in [0.15, 0.2) is 48.5 Å². The molecule has 0 heterocycles. The van der Waals surface area contributed by atoms with Gasteiger partial charge in [-0.3, -0.25) is 0 Å². The average molecular weight is 432 g/mol. The summed E-state index contributed by atoms with van der Waals surface area (Å²) in [4.78, 5) is 0. The van der Waals surface area contributed by atoms with Crippen molar-refractivity contribution in [2.45, 2.75) is 43.5 Å². The van der Waals surface area contributed by atoms with Crippen LogP contribution >= 0.6 is 0 Å². The van der Waals surface area contributed by atoms with Crippen LogP contribution in [-0.4, -0.2) is 13.9 Å². The van der Waals surface area contributed by atoms with E-state index < -0.39 is 15.6 Å². The number of alkyl halides is 3. The molecule has 0 aliphatic heterocycles. The van der Waals surface area contributed by atoms with Crippen molar-refractivity contribution in [3.63, 3.8) is 0 Å². The second-order valence-electron chi connectivity index (χ2n) is 8.19. The second kappa shape index (κ2) is 6.48. The normalized spacial score (nSPS) is 20.5. The number of halogens is 3. The Labute approximate surface area is 172 Å². The van der Waals surface area contributed by atoms with Gasteiger partial charge in [-0.2, -0.15) is 21.6 Å². The van der Waals surface area contributed by atoms with Gasteiger partial charge in [-0.15, -0.1) is 0 Å². The number of fused-ring (bicyclic) bond motifs is 6. The first-order valence-corrected chi connectivity index (χ1v) is 11.2. The lowest BCUT2D eigenvalue weighted by Crippen LogP contribution is -2.28. The number of hydrogen-bond donors (Lipinski definition) is 0. The summed E-state index contributed by atoms with van der Waals surface area (Å²) in [5, 5.41) is 2.20. The molecule has 30 heavy (non-hydrogen) atoms. The molecule has 2 bridgehead atoms. The lowest BCUT2D eigenvalue weighted by molar-refractivity contribution is -0.0500. The Morgan fingerprint density at radius 3 is 2.30 bits per heavy atom. The van der Waals surface area contributed by atoms with Crippen molar-refractivity contribution in [2.24, 2.45) is 0 Å². The Bertz CT molecular complexity index is 1280. The van der Waals surface area contributed by atoms with Gasteiger partial charge in [0.15, 0.2) is 0 Å². The Balaban J connectivity index is 1.65. The highest BCUT2D eigenvalue weighted by Crippen LogP contribution is 2.58. The molecule has 2 aliphatic carbocycles. The van der Waals surface area contributed by atoms with Crippen molar-refractivity contribution in [1.82, 2.24) is 0 Å². The van der Waals surface area contributed by atoms with Crippen molar-refractivity contribution in [3.8, 4) is 16.9 Å². The molecule has 0 saturated heterocycles. The third-order valence-electron chi connectivity index (χ3n) is 6.29. The molecule has 2 unspecified atom stereocenters. The fraction of sp³-hybridized carbons (Fsp3) is 0.304. The van der Waals surface area contributed by atoms with Crippen LogP contribution in [-0.2, 0) is 10.1 Å². The van der Waals surface area contributed by atoms with Crippen molar-refractivity contribution < 1.29 is 25.8 Å². The molecular weight excluding hydrogens is 413 g/mol. The summed E-state index contributed by atoms with van der Waals surface area (Å²) in [6.45, 7) is 2.03. The SMILES string of the molecule is Cc1ccc2cc(-c3ccc(OS(=O)(=O)C(F)(F)F)c4c3C3CCC4C3)ccc2c1. The highest BCUT2D eigenvalue weighted by atomic mass is 32.2. The largest absolute Gasteiger partial charge is 0.534 e. The first kappa shape index (κ1) is 19.4. The van der Waals surface area contributed by atoms with Crippen LogP contribution in [0.1, 0.15) is 47.8 Å². The van der Waals surface area contributed by atoms with Gasteiger partial charge in [-0.1, -0.05) is 42.0 Å². The van der Waals surface area contributed by atoms with Gasteiger partial charge in [-0.05, 0) is 77.6 Å². The number of aryl methyl sites for hydroxylation is 1. The molecule has 1 fully saturated rings. The molecule has 156 valence electrons. The Morgan fingerprint density at radius 2 is 1.57 bits per heavy atom. The number of rotatable bonds is 3. The van der Waals surface area contributed by atoms with E-state index in [1.54, 1.807) is 6.07 Å². The van der Waals surface area contributed by atoms with E-state index in [1.165, 1.54) is 11.6 Å². The van der Waals surface area contributed by atoms with Crippen molar-refractivity contribution in [1.29, 1.82) is 0 Å². The molecule has 2 aliphatic rings. The molecule has 2 atom stereocenters. The summed E-state index contributed by atoms with van der Waals surface area (Å²) in [7, 11) is -5.70. The summed E-state index contributed by atoms with van der Waals surface area (Å²) in [6, 6.07) is 15.4. The molecular formula is C23H19F3O3S. The first-order chi connectivity index (χ1) is 14.1. The van der Waals surface area contributed by atoms with Crippen LogP contribution in [0, 0.1) is 6.92 Å². The highest BCUT2D eigenvalue weighted by molar-refractivity contribution is 7.88. The molecule has 0 radical (unpaired) electrons. The lowest BCUT2D eigenvalue weighted by atomic mass is 9.85. The molecule has 3 aromatic rings. The zero-order valence-electron chi connectivity index (χ0n) is 16.2. The summed E-state index contributed by atoms with van der Waals surface area (Å²) in [6.07, 6.45) is 2.61. The standard InChI is InChI=1S/C23H19F3O3S/c1-13-2-3-15-11-16(5-4-14(15)10-13)19-8-9-20(29-30(27,28)23(24,25)26)22-18-7-6-17(12-18)21(19)22/h2-5,8-11,17-18H,6-7,12H2,1H3.